The number of unbranched alkanes of at least 4 members (excludes halogenated alkanes) is 42. The van der Waals surface area contributed by atoms with E-state index in [1.165, 1.54) is 263 Å². The Morgan fingerprint density at radius 3 is 0.953 bits per heavy atom. The van der Waals surface area contributed by atoms with Crippen LogP contribution in [0, 0.1) is 0 Å². The maximum atomic E-state index is 12.8. The first-order valence-corrected chi connectivity index (χ1v) is 29.2. The van der Waals surface area contributed by atoms with Gasteiger partial charge in [-0.25, -0.2) is 0 Å². The first kappa shape index (κ1) is 62.6. The first-order chi connectivity index (χ1) is 31.6. The lowest BCUT2D eigenvalue weighted by molar-refractivity contribution is -0.163. The van der Waals surface area contributed by atoms with Crippen LogP contribution in [-0.2, 0) is 23.8 Å². The van der Waals surface area contributed by atoms with Crippen molar-refractivity contribution in [2.75, 3.05) is 19.8 Å². The quantitative estimate of drug-likeness (QED) is 0.0346. The summed E-state index contributed by atoms with van der Waals surface area (Å²) in [5.74, 6) is -0.373. The lowest BCUT2D eigenvalue weighted by atomic mass is 10.0. The van der Waals surface area contributed by atoms with E-state index in [4.69, 9.17) is 14.2 Å². The summed E-state index contributed by atoms with van der Waals surface area (Å²) in [4.78, 5) is 25.5. The summed E-state index contributed by atoms with van der Waals surface area (Å²) in [6.07, 6.45) is 65.2. The van der Waals surface area contributed by atoms with Crippen LogP contribution < -0.4 is 0 Å². The van der Waals surface area contributed by atoms with Crippen LogP contribution >= 0.6 is 0 Å². The molecule has 0 amide bonds. The van der Waals surface area contributed by atoms with E-state index in [9.17, 15) is 9.59 Å². The molecule has 0 saturated carbocycles. The Bertz CT molecular complexity index is 932. The minimum Gasteiger partial charge on any atom is -0.462 e. The molecule has 0 aliphatic heterocycles. The molecule has 0 radical (unpaired) electrons. The number of ether oxygens (including phenoxy) is 3. The summed E-state index contributed by atoms with van der Waals surface area (Å²) in [5.41, 5.74) is 0. The average Bonchev–Trinajstić information content (AvgIpc) is 3.30. The minimum atomic E-state index is -0.527. The third-order valence-corrected chi connectivity index (χ3v) is 13.3. The normalized spacial score (nSPS) is 12.1. The summed E-state index contributed by atoms with van der Waals surface area (Å²) in [6, 6.07) is 0. The molecule has 0 aliphatic rings. The number of allylic oxidation sites excluding steroid dienone is 2. The van der Waals surface area contributed by atoms with Gasteiger partial charge >= 0.3 is 11.9 Å². The monoisotopic (exact) mass is 903 g/mol. The molecule has 1 atom stereocenters. The van der Waals surface area contributed by atoms with Crippen LogP contribution in [0.5, 0.6) is 0 Å². The van der Waals surface area contributed by atoms with E-state index in [0.717, 1.165) is 32.1 Å². The summed E-state index contributed by atoms with van der Waals surface area (Å²) in [5, 5.41) is 0. The topological polar surface area (TPSA) is 61.8 Å². The minimum absolute atomic E-state index is 0.0940. The fourth-order valence-electron chi connectivity index (χ4n) is 8.92. The molecule has 0 saturated heterocycles. The standard InChI is InChI=1S/C59H114O5/c1-4-7-10-13-16-19-22-24-26-28-30-32-34-36-38-40-43-46-49-52-58(60)63-56-57(55-62-54-51-48-45-42-21-18-15-12-9-6-3)64-59(61)53-50-47-44-41-39-37-35-33-31-29-27-25-23-20-17-14-11-8-5-2/h24,26,57H,4-23,25,27-56H2,1-3H3/b26-24-. The van der Waals surface area contributed by atoms with E-state index < -0.39 is 6.10 Å². The predicted molar refractivity (Wildman–Crippen MR) is 279 cm³/mol. The van der Waals surface area contributed by atoms with Crippen molar-refractivity contribution in [3.05, 3.63) is 12.2 Å². The second kappa shape index (κ2) is 56.0. The first-order valence-electron chi connectivity index (χ1n) is 29.2. The zero-order chi connectivity index (χ0) is 46.3. The van der Waals surface area contributed by atoms with Crippen molar-refractivity contribution in [1.29, 1.82) is 0 Å². The maximum absolute atomic E-state index is 12.8. The fourth-order valence-corrected chi connectivity index (χ4v) is 8.92. The van der Waals surface area contributed by atoms with Crippen molar-refractivity contribution in [1.82, 2.24) is 0 Å². The summed E-state index contributed by atoms with van der Waals surface area (Å²) < 4.78 is 17.5. The number of esters is 2. The predicted octanol–water partition coefficient (Wildman–Crippen LogP) is 19.8. The van der Waals surface area contributed by atoms with Gasteiger partial charge in [0.1, 0.15) is 6.61 Å². The molecular formula is C59H114O5. The zero-order valence-electron chi connectivity index (χ0n) is 43.8. The smallest absolute Gasteiger partial charge is 0.306 e. The van der Waals surface area contributed by atoms with Gasteiger partial charge in [0, 0.05) is 19.4 Å². The molecule has 0 aromatic heterocycles. The van der Waals surface area contributed by atoms with E-state index in [1.807, 2.05) is 0 Å². The number of hydrogen-bond acceptors (Lipinski definition) is 5. The lowest BCUT2D eigenvalue weighted by Gasteiger charge is -2.18. The van der Waals surface area contributed by atoms with Gasteiger partial charge < -0.3 is 14.2 Å². The van der Waals surface area contributed by atoms with Crippen molar-refractivity contribution in [2.24, 2.45) is 0 Å². The van der Waals surface area contributed by atoms with Gasteiger partial charge in [-0.2, -0.15) is 0 Å². The molecule has 0 aromatic rings. The molecule has 1 unspecified atom stereocenters. The van der Waals surface area contributed by atoms with Gasteiger partial charge in [0.25, 0.3) is 0 Å². The molecule has 0 heterocycles. The second-order valence-electron chi connectivity index (χ2n) is 19.9. The van der Waals surface area contributed by atoms with Crippen LogP contribution in [-0.4, -0.2) is 37.9 Å². The van der Waals surface area contributed by atoms with Crippen LogP contribution in [0.1, 0.15) is 329 Å². The molecule has 0 bridgehead atoms. The lowest BCUT2D eigenvalue weighted by Crippen LogP contribution is -2.30. The fraction of sp³-hybridized carbons (Fsp3) is 0.932. The van der Waals surface area contributed by atoms with Crippen molar-refractivity contribution in [2.45, 2.75) is 335 Å². The highest BCUT2D eigenvalue weighted by Gasteiger charge is 2.17. The molecule has 380 valence electrons. The van der Waals surface area contributed by atoms with Crippen molar-refractivity contribution in [3.8, 4) is 0 Å². The van der Waals surface area contributed by atoms with E-state index in [0.29, 0.717) is 26.1 Å². The number of rotatable bonds is 55. The van der Waals surface area contributed by atoms with Crippen molar-refractivity contribution in [3.63, 3.8) is 0 Å². The number of hydrogen-bond donors (Lipinski definition) is 0. The van der Waals surface area contributed by atoms with E-state index >= 15 is 0 Å². The average molecular weight is 904 g/mol. The molecule has 0 aromatic carbocycles. The third kappa shape index (κ3) is 53.3. The van der Waals surface area contributed by atoms with Crippen molar-refractivity contribution >= 4 is 11.9 Å². The Morgan fingerprint density at radius 2 is 0.609 bits per heavy atom. The molecule has 5 nitrogen and oxygen atoms in total. The summed E-state index contributed by atoms with van der Waals surface area (Å²) in [7, 11) is 0. The van der Waals surface area contributed by atoms with Crippen LogP contribution in [0.15, 0.2) is 12.2 Å². The molecule has 64 heavy (non-hydrogen) atoms. The Hall–Kier alpha value is -1.36. The van der Waals surface area contributed by atoms with Gasteiger partial charge in [-0.3, -0.25) is 9.59 Å². The molecule has 0 fully saturated rings. The Balaban J connectivity index is 4.11. The second-order valence-corrected chi connectivity index (χ2v) is 19.9. The van der Waals surface area contributed by atoms with Crippen LogP contribution in [0.25, 0.3) is 0 Å². The molecule has 0 spiro atoms. The van der Waals surface area contributed by atoms with Gasteiger partial charge in [0.05, 0.1) is 6.61 Å². The summed E-state index contributed by atoms with van der Waals surface area (Å²) in [6.45, 7) is 7.90. The molecule has 0 aliphatic carbocycles. The van der Waals surface area contributed by atoms with Gasteiger partial charge in [-0.1, -0.05) is 283 Å². The van der Waals surface area contributed by atoms with Crippen LogP contribution in [0.2, 0.25) is 0 Å². The van der Waals surface area contributed by atoms with Gasteiger partial charge in [-0.05, 0) is 44.9 Å². The van der Waals surface area contributed by atoms with Gasteiger partial charge in [0.2, 0.25) is 0 Å². The zero-order valence-corrected chi connectivity index (χ0v) is 43.8. The Morgan fingerprint density at radius 1 is 0.328 bits per heavy atom. The highest BCUT2D eigenvalue weighted by Crippen LogP contribution is 2.17. The largest absolute Gasteiger partial charge is 0.462 e. The number of carbonyl (C=O) groups is 2. The van der Waals surface area contributed by atoms with E-state index in [2.05, 4.69) is 32.9 Å². The maximum Gasteiger partial charge on any atom is 0.306 e. The van der Waals surface area contributed by atoms with E-state index in [1.54, 1.807) is 0 Å². The molecule has 0 N–H and O–H groups in total. The molecular weight excluding hydrogens is 789 g/mol. The SMILES string of the molecule is CCCCCCCC/C=C\CCCCCCCCCCCC(=O)OCC(COCCCCCCCCCCCC)OC(=O)CCCCCCCCCCCCCCCCCCCCC. The highest BCUT2D eigenvalue weighted by molar-refractivity contribution is 5.70. The van der Waals surface area contributed by atoms with Gasteiger partial charge in [0.15, 0.2) is 6.10 Å². The van der Waals surface area contributed by atoms with Gasteiger partial charge in [-0.15, -0.1) is 0 Å². The summed E-state index contributed by atoms with van der Waals surface area (Å²) >= 11 is 0. The van der Waals surface area contributed by atoms with Crippen LogP contribution in [0.4, 0.5) is 0 Å². The van der Waals surface area contributed by atoms with E-state index in [-0.39, 0.29) is 18.5 Å². The molecule has 0 rings (SSSR count). The molecule has 5 heteroatoms. The Kier molecular flexibility index (Phi) is 54.8. The number of carbonyl (C=O) groups excluding carboxylic acids is 2. The van der Waals surface area contributed by atoms with Crippen LogP contribution in [0.3, 0.4) is 0 Å². The highest BCUT2D eigenvalue weighted by atomic mass is 16.6. The third-order valence-electron chi connectivity index (χ3n) is 13.3. The van der Waals surface area contributed by atoms with Crippen molar-refractivity contribution < 1.29 is 23.8 Å². The Labute approximate surface area is 401 Å².